The zero-order chi connectivity index (χ0) is 27.8. The van der Waals surface area contributed by atoms with Crippen LogP contribution in [0, 0.1) is 6.92 Å². The summed E-state index contributed by atoms with van der Waals surface area (Å²) in [5.74, 6) is 1.10. The van der Waals surface area contributed by atoms with Gasteiger partial charge in [0.2, 0.25) is 0 Å². The highest BCUT2D eigenvalue weighted by atomic mass is 16.5. The van der Waals surface area contributed by atoms with Crippen molar-refractivity contribution in [2.45, 2.75) is 13.5 Å². The molecule has 6 aromatic rings. The lowest BCUT2D eigenvalue weighted by molar-refractivity contribution is 0.146. The molecule has 202 valence electrons. The number of phenolic OH excluding ortho intramolecular Hbond substituents is 1. The number of phenols is 1. The first-order valence-electron chi connectivity index (χ1n) is 12.5. The highest BCUT2D eigenvalue weighted by Gasteiger charge is 2.21. The van der Waals surface area contributed by atoms with Crippen LogP contribution in [0.5, 0.6) is 11.5 Å². The molecule has 0 bridgehead atoms. The minimum atomic E-state index is -0.199. The summed E-state index contributed by atoms with van der Waals surface area (Å²) < 4.78 is 15.6. The Morgan fingerprint density at radius 1 is 1.02 bits per heavy atom. The van der Waals surface area contributed by atoms with E-state index in [1.165, 1.54) is 12.4 Å². The molecule has 0 aliphatic rings. The van der Waals surface area contributed by atoms with Crippen molar-refractivity contribution in [3.63, 3.8) is 0 Å². The molecular weight excluding hydrogens is 512 g/mol. The molecule has 0 saturated heterocycles. The minimum absolute atomic E-state index is 0.00366. The Morgan fingerprint density at radius 2 is 1.85 bits per heavy atom. The minimum Gasteiger partial charge on any atom is -0.508 e. The molecular formula is C28H26N8O4. The van der Waals surface area contributed by atoms with Crippen LogP contribution in [0.1, 0.15) is 11.4 Å². The summed E-state index contributed by atoms with van der Waals surface area (Å²) in [6.45, 7) is 2.68. The van der Waals surface area contributed by atoms with Gasteiger partial charge in [-0.3, -0.25) is 9.36 Å². The first-order valence-corrected chi connectivity index (χ1v) is 12.5. The molecule has 0 unspecified atom stereocenters. The van der Waals surface area contributed by atoms with E-state index in [0.29, 0.717) is 58.3 Å². The first-order chi connectivity index (χ1) is 19.4. The van der Waals surface area contributed by atoms with E-state index in [2.05, 4.69) is 9.97 Å². The maximum Gasteiger partial charge on any atom is 0.282 e. The summed E-state index contributed by atoms with van der Waals surface area (Å²) in [5.41, 5.74) is 9.56. The van der Waals surface area contributed by atoms with Crippen molar-refractivity contribution < 1.29 is 14.6 Å². The Hall–Kier alpha value is -5.23. The van der Waals surface area contributed by atoms with E-state index in [0.717, 1.165) is 5.56 Å². The quantitative estimate of drug-likeness (QED) is 0.279. The number of benzene rings is 2. The molecule has 12 heteroatoms. The van der Waals surface area contributed by atoms with Crippen molar-refractivity contribution in [1.82, 2.24) is 33.9 Å². The normalized spacial score (nSPS) is 11.4. The summed E-state index contributed by atoms with van der Waals surface area (Å²) in [5, 5.41) is 20.5. The fraction of sp³-hybridized carbons (Fsp3) is 0.179. The number of para-hydroxylation sites is 1. The van der Waals surface area contributed by atoms with E-state index in [1.807, 2.05) is 43.3 Å². The molecule has 0 radical (unpaired) electrons. The van der Waals surface area contributed by atoms with Gasteiger partial charge in [-0.2, -0.15) is 10.2 Å². The van der Waals surface area contributed by atoms with Crippen LogP contribution in [0.25, 0.3) is 33.5 Å². The number of hydrogen-bond acceptors (Lipinski definition) is 9. The Morgan fingerprint density at radius 3 is 2.65 bits per heavy atom. The highest BCUT2D eigenvalue weighted by molar-refractivity contribution is 5.98. The molecule has 0 atom stereocenters. The lowest BCUT2D eigenvalue weighted by Crippen LogP contribution is -2.28. The van der Waals surface area contributed by atoms with E-state index < -0.39 is 0 Å². The lowest BCUT2D eigenvalue weighted by Gasteiger charge is -2.13. The second-order valence-corrected chi connectivity index (χ2v) is 9.20. The molecule has 0 aliphatic carbocycles. The van der Waals surface area contributed by atoms with Gasteiger partial charge < -0.3 is 20.3 Å². The molecule has 6 rings (SSSR count). The van der Waals surface area contributed by atoms with Crippen molar-refractivity contribution in [2.75, 3.05) is 26.1 Å². The maximum atomic E-state index is 13.7. The lowest BCUT2D eigenvalue weighted by atomic mass is 10.1. The van der Waals surface area contributed by atoms with Crippen LogP contribution < -0.4 is 16.0 Å². The number of nitrogens with zero attached hydrogens (tertiary/aromatic N) is 7. The molecule has 0 saturated carbocycles. The molecule has 0 aliphatic heterocycles. The monoisotopic (exact) mass is 538 g/mol. The van der Waals surface area contributed by atoms with Crippen LogP contribution in [0.3, 0.4) is 0 Å². The number of ether oxygens (including phenoxy) is 2. The zero-order valence-electron chi connectivity index (χ0n) is 21.9. The number of hydrogen-bond donors (Lipinski definition) is 2. The van der Waals surface area contributed by atoms with Crippen LogP contribution in [-0.2, 0) is 11.3 Å². The SMILES string of the molecule is COCCOc1cc(O)cc(-c2nn(Cc3nn4ccc(C)c4c(=O)n3-c3ccccc3)c3ncnc(N)c23)c1. The third-order valence-corrected chi connectivity index (χ3v) is 6.54. The summed E-state index contributed by atoms with van der Waals surface area (Å²) >= 11 is 0. The Labute approximate surface area is 227 Å². The first kappa shape index (κ1) is 25.1. The van der Waals surface area contributed by atoms with Crippen molar-refractivity contribution in [3.05, 3.63) is 88.9 Å². The van der Waals surface area contributed by atoms with Gasteiger partial charge in [-0.1, -0.05) is 18.2 Å². The van der Waals surface area contributed by atoms with E-state index in [4.69, 9.17) is 25.4 Å². The molecule has 0 fully saturated rings. The Bertz CT molecular complexity index is 1910. The van der Waals surface area contributed by atoms with E-state index in [9.17, 15) is 9.90 Å². The van der Waals surface area contributed by atoms with Gasteiger partial charge in [0.1, 0.15) is 48.0 Å². The highest BCUT2D eigenvalue weighted by Crippen LogP contribution is 2.34. The number of nitrogens with two attached hydrogens (primary N) is 1. The number of rotatable bonds is 8. The third kappa shape index (κ3) is 4.39. The van der Waals surface area contributed by atoms with Gasteiger partial charge in [0.15, 0.2) is 11.5 Å². The predicted octanol–water partition coefficient (Wildman–Crippen LogP) is 2.96. The largest absolute Gasteiger partial charge is 0.508 e. The molecule has 2 aromatic carbocycles. The average Bonchev–Trinajstić information content (AvgIpc) is 3.50. The number of nitrogen functional groups attached to an aromatic ring is 1. The molecule has 0 amide bonds. The van der Waals surface area contributed by atoms with Crippen LogP contribution in [0.4, 0.5) is 5.82 Å². The fourth-order valence-electron chi connectivity index (χ4n) is 4.73. The van der Waals surface area contributed by atoms with Crippen molar-refractivity contribution in [1.29, 1.82) is 0 Å². The number of fused-ring (bicyclic) bond motifs is 2. The topological polar surface area (TPSA) is 148 Å². The third-order valence-electron chi connectivity index (χ3n) is 6.54. The average molecular weight is 539 g/mol. The molecule has 12 nitrogen and oxygen atoms in total. The predicted molar refractivity (Wildman–Crippen MR) is 149 cm³/mol. The summed E-state index contributed by atoms with van der Waals surface area (Å²) in [6, 6.07) is 16.0. The van der Waals surface area contributed by atoms with Gasteiger partial charge in [-0.25, -0.2) is 19.2 Å². The van der Waals surface area contributed by atoms with Gasteiger partial charge in [-0.05, 0) is 42.8 Å². The van der Waals surface area contributed by atoms with Gasteiger partial charge in [0, 0.05) is 24.9 Å². The molecule has 3 N–H and O–H groups in total. The smallest absolute Gasteiger partial charge is 0.282 e. The van der Waals surface area contributed by atoms with Gasteiger partial charge in [0.25, 0.3) is 5.56 Å². The van der Waals surface area contributed by atoms with Crippen LogP contribution >= 0.6 is 0 Å². The van der Waals surface area contributed by atoms with Crippen LogP contribution in [-0.4, -0.2) is 59.4 Å². The standard InChI is InChI=1S/C28H26N8O4/c1-17-8-9-34-25(17)28(38)36(19-6-4-3-5-7-19)22(32-34)15-35-27-23(26(29)30-16-31-27)24(33-35)18-12-20(37)14-21(13-18)40-11-10-39-2/h3-9,12-14,16,37H,10-11,15H2,1-2H3,(H2,29,30,31). The zero-order valence-corrected chi connectivity index (χ0v) is 21.9. The van der Waals surface area contributed by atoms with Crippen molar-refractivity contribution in [3.8, 4) is 28.4 Å². The van der Waals surface area contributed by atoms with Gasteiger partial charge >= 0.3 is 0 Å². The summed E-state index contributed by atoms with van der Waals surface area (Å²) in [6.07, 6.45) is 3.12. The fourth-order valence-corrected chi connectivity index (χ4v) is 4.73. The Kier molecular flexibility index (Phi) is 6.36. The molecule has 40 heavy (non-hydrogen) atoms. The van der Waals surface area contributed by atoms with Gasteiger partial charge in [0.05, 0.1) is 17.7 Å². The van der Waals surface area contributed by atoms with Crippen LogP contribution in [0.2, 0.25) is 0 Å². The summed E-state index contributed by atoms with van der Waals surface area (Å²) in [7, 11) is 1.58. The van der Waals surface area contributed by atoms with E-state index in [1.54, 1.807) is 39.2 Å². The number of aryl methyl sites for hydroxylation is 1. The van der Waals surface area contributed by atoms with E-state index in [-0.39, 0.29) is 23.7 Å². The van der Waals surface area contributed by atoms with Crippen LogP contribution in [0.15, 0.2) is 71.9 Å². The van der Waals surface area contributed by atoms with E-state index >= 15 is 0 Å². The number of anilines is 1. The number of aromatic nitrogens is 7. The number of methoxy groups -OCH3 is 1. The Balaban J connectivity index is 1.52. The van der Waals surface area contributed by atoms with Gasteiger partial charge in [-0.15, -0.1) is 0 Å². The second-order valence-electron chi connectivity index (χ2n) is 9.20. The van der Waals surface area contributed by atoms with Crippen molar-refractivity contribution >= 4 is 22.4 Å². The molecule has 4 aromatic heterocycles. The van der Waals surface area contributed by atoms with Crippen molar-refractivity contribution in [2.24, 2.45) is 0 Å². The summed E-state index contributed by atoms with van der Waals surface area (Å²) in [4.78, 5) is 22.4. The molecule has 0 spiro atoms. The number of aromatic hydroxyl groups is 1. The molecule has 4 heterocycles. The second kappa shape index (κ2) is 10.2. The maximum absolute atomic E-state index is 13.7.